The minimum atomic E-state index is -0.0625. The van der Waals surface area contributed by atoms with Crippen LogP contribution in [-0.2, 0) is 6.54 Å². The first-order valence-electron chi connectivity index (χ1n) is 6.16. The number of benzene rings is 2. The van der Waals surface area contributed by atoms with Crippen molar-refractivity contribution in [2.45, 2.75) is 20.4 Å². The molecule has 2 nitrogen and oxygen atoms in total. The number of halogens is 1. The van der Waals surface area contributed by atoms with Crippen LogP contribution >= 0.6 is 15.9 Å². The number of aryl methyl sites for hydroxylation is 2. The lowest BCUT2D eigenvalue weighted by atomic mass is 10.1. The molecule has 19 heavy (non-hydrogen) atoms. The molecule has 0 atom stereocenters. The lowest BCUT2D eigenvalue weighted by Crippen LogP contribution is -2.23. The van der Waals surface area contributed by atoms with Gasteiger partial charge in [0, 0.05) is 11.0 Å². The zero-order chi connectivity index (χ0) is 13.8. The third kappa shape index (κ3) is 3.67. The highest BCUT2D eigenvalue weighted by Gasteiger charge is 2.09. The van der Waals surface area contributed by atoms with Crippen molar-refractivity contribution in [3.8, 4) is 0 Å². The zero-order valence-corrected chi connectivity index (χ0v) is 12.6. The highest BCUT2D eigenvalue weighted by molar-refractivity contribution is 9.10. The molecule has 0 heterocycles. The minimum Gasteiger partial charge on any atom is -0.348 e. The van der Waals surface area contributed by atoms with Crippen LogP contribution < -0.4 is 5.32 Å². The fourth-order valence-electron chi connectivity index (χ4n) is 1.79. The van der Waals surface area contributed by atoms with Gasteiger partial charge >= 0.3 is 0 Å². The molecule has 2 aromatic carbocycles. The summed E-state index contributed by atoms with van der Waals surface area (Å²) in [7, 11) is 0. The third-order valence-electron chi connectivity index (χ3n) is 2.94. The molecule has 0 saturated heterocycles. The molecule has 98 valence electrons. The van der Waals surface area contributed by atoms with Crippen LogP contribution in [0.25, 0.3) is 0 Å². The average molecular weight is 318 g/mol. The Hall–Kier alpha value is -1.61. The monoisotopic (exact) mass is 317 g/mol. The van der Waals surface area contributed by atoms with Crippen LogP contribution in [0.2, 0.25) is 0 Å². The molecule has 0 aliphatic rings. The van der Waals surface area contributed by atoms with Crippen molar-refractivity contribution in [3.05, 3.63) is 69.2 Å². The Labute approximate surface area is 122 Å². The molecule has 0 spiro atoms. The molecular weight excluding hydrogens is 302 g/mol. The molecule has 0 bridgehead atoms. The largest absolute Gasteiger partial charge is 0.348 e. The van der Waals surface area contributed by atoms with Crippen molar-refractivity contribution in [2.24, 2.45) is 0 Å². The maximum atomic E-state index is 12.1. The van der Waals surface area contributed by atoms with Gasteiger partial charge in [0.05, 0.1) is 5.56 Å². The Morgan fingerprint density at radius 3 is 2.32 bits per heavy atom. The molecule has 0 aromatic heterocycles. The first-order chi connectivity index (χ1) is 9.06. The van der Waals surface area contributed by atoms with Crippen LogP contribution in [0.15, 0.2) is 46.9 Å². The van der Waals surface area contributed by atoms with E-state index in [0.717, 1.165) is 15.6 Å². The lowest BCUT2D eigenvalue weighted by Gasteiger charge is -2.08. The van der Waals surface area contributed by atoms with Gasteiger partial charge in [0.25, 0.3) is 5.91 Å². The smallest absolute Gasteiger partial charge is 0.252 e. The number of carbonyl (C=O) groups is 1. The van der Waals surface area contributed by atoms with Crippen molar-refractivity contribution in [2.75, 3.05) is 0 Å². The van der Waals surface area contributed by atoms with Gasteiger partial charge in [-0.3, -0.25) is 4.79 Å². The summed E-state index contributed by atoms with van der Waals surface area (Å²) >= 11 is 3.42. The van der Waals surface area contributed by atoms with E-state index in [1.807, 2.05) is 56.3 Å². The molecule has 0 saturated carbocycles. The second kappa shape index (κ2) is 6.02. The topological polar surface area (TPSA) is 29.1 Å². The van der Waals surface area contributed by atoms with E-state index in [9.17, 15) is 4.79 Å². The average Bonchev–Trinajstić information content (AvgIpc) is 2.37. The third-order valence-corrected chi connectivity index (χ3v) is 3.60. The van der Waals surface area contributed by atoms with Gasteiger partial charge in [-0.15, -0.1) is 0 Å². The van der Waals surface area contributed by atoms with Crippen molar-refractivity contribution < 1.29 is 4.79 Å². The van der Waals surface area contributed by atoms with Crippen LogP contribution in [0.1, 0.15) is 27.0 Å². The fraction of sp³-hybridized carbons (Fsp3) is 0.188. The van der Waals surface area contributed by atoms with Gasteiger partial charge in [0.15, 0.2) is 0 Å². The van der Waals surface area contributed by atoms with E-state index in [0.29, 0.717) is 12.1 Å². The maximum absolute atomic E-state index is 12.1. The van der Waals surface area contributed by atoms with Gasteiger partial charge in [-0.2, -0.15) is 0 Å². The van der Waals surface area contributed by atoms with E-state index < -0.39 is 0 Å². The van der Waals surface area contributed by atoms with Gasteiger partial charge in [0.1, 0.15) is 0 Å². The summed E-state index contributed by atoms with van der Waals surface area (Å²) in [5.74, 6) is -0.0625. The zero-order valence-electron chi connectivity index (χ0n) is 11.0. The molecule has 0 unspecified atom stereocenters. The highest BCUT2D eigenvalue weighted by Crippen LogP contribution is 2.18. The molecule has 1 N–H and O–H groups in total. The molecule has 0 aliphatic carbocycles. The Bertz CT molecular complexity index is 590. The standard InChI is InChI=1S/C16H16BrNO/c1-11-3-6-13(7-4-11)10-18-16(19)14-8-5-12(2)9-15(14)17/h3-9H,10H2,1-2H3,(H,18,19). The van der Waals surface area contributed by atoms with Gasteiger partial charge in [-0.05, 0) is 53.0 Å². The Morgan fingerprint density at radius 2 is 1.68 bits per heavy atom. The molecule has 2 rings (SSSR count). The number of carbonyl (C=O) groups excluding carboxylic acids is 1. The maximum Gasteiger partial charge on any atom is 0.252 e. The van der Waals surface area contributed by atoms with Crippen LogP contribution in [0.5, 0.6) is 0 Å². The molecule has 0 radical (unpaired) electrons. The van der Waals surface area contributed by atoms with Crippen molar-refractivity contribution >= 4 is 21.8 Å². The summed E-state index contributed by atoms with van der Waals surface area (Å²) in [5, 5.41) is 2.93. The summed E-state index contributed by atoms with van der Waals surface area (Å²) in [6.07, 6.45) is 0. The first kappa shape index (κ1) is 13.8. The number of hydrogen-bond donors (Lipinski definition) is 1. The quantitative estimate of drug-likeness (QED) is 0.911. The Kier molecular flexibility index (Phi) is 4.38. The summed E-state index contributed by atoms with van der Waals surface area (Å²) in [6.45, 7) is 4.59. The van der Waals surface area contributed by atoms with E-state index in [-0.39, 0.29) is 5.91 Å². The molecule has 1 amide bonds. The van der Waals surface area contributed by atoms with Crippen molar-refractivity contribution in [3.63, 3.8) is 0 Å². The molecule has 3 heteroatoms. The van der Waals surface area contributed by atoms with Gasteiger partial charge < -0.3 is 5.32 Å². The second-order valence-corrected chi connectivity index (χ2v) is 5.51. The SMILES string of the molecule is Cc1ccc(CNC(=O)c2ccc(C)cc2Br)cc1. The normalized spacial score (nSPS) is 10.3. The van der Waals surface area contributed by atoms with Crippen LogP contribution in [0.3, 0.4) is 0 Å². The van der Waals surface area contributed by atoms with E-state index >= 15 is 0 Å². The molecule has 0 aliphatic heterocycles. The Morgan fingerprint density at radius 1 is 1.05 bits per heavy atom. The van der Waals surface area contributed by atoms with E-state index in [4.69, 9.17) is 0 Å². The van der Waals surface area contributed by atoms with Gasteiger partial charge in [0.2, 0.25) is 0 Å². The van der Waals surface area contributed by atoms with Crippen molar-refractivity contribution in [1.29, 1.82) is 0 Å². The number of nitrogens with one attached hydrogen (secondary N) is 1. The highest BCUT2D eigenvalue weighted by atomic mass is 79.9. The van der Waals surface area contributed by atoms with E-state index in [2.05, 4.69) is 21.2 Å². The van der Waals surface area contributed by atoms with E-state index in [1.54, 1.807) is 0 Å². The number of hydrogen-bond acceptors (Lipinski definition) is 1. The fourth-order valence-corrected chi connectivity index (χ4v) is 2.46. The number of rotatable bonds is 3. The summed E-state index contributed by atoms with van der Waals surface area (Å²) in [6, 6.07) is 13.9. The predicted octanol–water partition coefficient (Wildman–Crippen LogP) is 4.00. The summed E-state index contributed by atoms with van der Waals surface area (Å²) < 4.78 is 0.828. The van der Waals surface area contributed by atoms with Gasteiger partial charge in [-0.1, -0.05) is 35.9 Å². The molecule has 0 fully saturated rings. The summed E-state index contributed by atoms with van der Waals surface area (Å²) in [4.78, 5) is 12.1. The second-order valence-electron chi connectivity index (χ2n) is 4.65. The summed E-state index contributed by atoms with van der Waals surface area (Å²) in [5.41, 5.74) is 4.11. The molecule has 2 aromatic rings. The molecular formula is C16H16BrNO. The lowest BCUT2D eigenvalue weighted by molar-refractivity contribution is 0.0950. The van der Waals surface area contributed by atoms with Crippen molar-refractivity contribution in [1.82, 2.24) is 5.32 Å². The van der Waals surface area contributed by atoms with Crippen LogP contribution in [-0.4, -0.2) is 5.91 Å². The van der Waals surface area contributed by atoms with Crippen LogP contribution in [0, 0.1) is 13.8 Å². The van der Waals surface area contributed by atoms with Gasteiger partial charge in [-0.25, -0.2) is 0 Å². The minimum absolute atomic E-state index is 0.0625. The van der Waals surface area contributed by atoms with Crippen LogP contribution in [0.4, 0.5) is 0 Å². The Balaban J connectivity index is 2.03. The first-order valence-corrected chi connectivity index (χ1v) is 6.95. The van der Waals surface area contributed by atoms with E-state index in [1.165, 1.54) is 5.56 Å². The number of amides is 1. The predicted molar refractivity (Wildman–Crippen MR) is 81.2 cm³/mol.